The maximum atomic E-state index is 12.6. The van der Waals surface area contributed by atoms with Crippen molar-refractivity contribution in [3.05, 3.63) is 59.2 Å². The van der Waals surface area contributed by atoms with Gasteiger partial charge in [0, 0.05) is 11.4 Å². The fourth-order valence-electron chi connectivity index (χ4n) is 2.82. The first-order chi connectivity index (χ1) is 14.2. The lowest BCUT2D eigenvalue weighted by Gasteiger charge is -2.19. The third-order valence-electron chi connectivity index (χ3n) is 4.47. The number of nitriles is 1. The van der Waals surface area contributed by atoms with Crippen molar-refractivity contribution in [2.45, 2.75) is 46.1 Å². The predicted molar refractivity (Wildman–Crippen MR) is 114 cm³/mol. The summed E-state index contributed by atoms with van der Waals surface area (Å²) in [6.45, 7) is 7.51. The summed E-state index contributed by atoms with van der Waals surface area (Å²) in [4.78, 5) is 36.4. The van der Waals surface area contributed by atoms with Gasteiger partial charge in [-0.05, 0) is 55.2 Å². The third kappa shape index (κ3) is 5.92. The molecule has 0 bridgehead atoms. The van der Waals surface area contributed by atoms with Crippen LogP contribution in [0.1, 0.15) is 54.6 Å². The molecule has 2 amide bonds. The van der Waals surface area contributed by atoms with Gasteiger partial charge in [-0.3, -0.25) is 9.59 Å². The molecule has 2 aromatic rings. The van der Waals surface area contributed by atoms with E-state index in [1.165, 1.54) is 31.2 Å². The van der Waals surface area contributed by atoms with Crippen molar-refractivity contribution in [3.63, 3.8) is 0 Å². The molecule has 0 aliphatic rings. The number of nitrogens with zero attached hydrogens (tertiary/aromatic N) is 1. The van der Waals surface area contributed by atoms with Gasteiger partial charge < -0.3 is 15.4 Å². The van der Waals surface area contributed by atoms with Crippen molar-refractivity contribution < 1.29 is 19.1 Å². The van der Waals surface area contributed by atoms with Crippen molar-refractivity contribution in [1.29, 1.82) is 5.26 Å². The lowest BCUT2D eigenvalue weighted by molar-refractivity contribution is -0.123. The number of benzene rings is 2. The highest BCUT2D eigenvalue weighted by Crippen LogP contribution is 2.27. The standard InChI is InChI=1S/C23H25N3O4/c1-14(2)19-7-5-6-15(3)21(19)26-22(28)16(4)30-23(29)17-8-10-18(11-9-17)25-20(27)12-13-24/h5-11,14,16H,12H2,1-4H3,(H,25,27)(H,26,28)/t16-/m0/s1. The number of carbonyl (C=O) groups is 3. The summed E-state index contributed by atoms with van der Waals surface area (Å²) in [5.74, 6) is -1.28. The van der Waals surface area contributed by atoms with E-state index in [-0.39, 0.29) is 17.9 Å². The predicted octanol–water partition coefficient (Wildman–Crippen LogP) is 4.15. The zero-order valence-electron chi connectivity index (χ0n) is 17.5. The van der Waals surface area contributed by atoms with Crippen LogP contribution in [-0.2, 0) is 14.3 Å². The molecule has 0 heterocycles. The Morgan fingerprint density at radius 2 is 1.70 bits per heavy atom. The van der Waals surface area contributed by atoms with Crippen molar-refractivity contribution in [2.24, 2.45) is 0 Å². The van der Waals surface area contributed by atoms with Gasteiger partial charge >= 0.3 is 5.97 Å². The van der Waals surface area contributed by atoms with Crippen LogP contribution in [0.3, 0.4) is 0 Å². The van der Waals surface area contributed by atoms with Gasteiger partial charge in [-0.2, -0.15) is 5.26 Å². The third-order valence-corrected chi connectivity index (χ3v) is 4.47. The summed E-state index contributed by atoms with van der Waals surface area (Å²) in [5.41, 5.74) is 3.38. The molecule has 7 nitrogen and oxygen atoms in total. The highest BCUT2D eigenvalue weighted by Gasteiger charge is 2.21. The van der Waals surface area contributed by atoms with Crippen molar-refractivity contribution >= 4 is 29.2 Å². The molecule has 156 valence electrons. The summed E-state index contributed by atoms with van der Waals surface area (Å²) >= 11 is 0. The van der Waals surface area contributed by atoms with E-state index in [9.17, 15) is 14.4 Å². The number of hydrogen-bond donors (Lipinski definition) is 2. The van der Waals surface area contributed by atoms with Crippen LogP contribution in [0.15, 0.2) is 42.5 Å². The molecule has 0 saturated carbocycles. The first-order valence-corrected chi connectivity index (χ1v) is 9.61. The summed E-state index contributed by atoms with van der Waals surface area (Å²) in [6, 6.07) is 13.6. The number of esters is 1. The van der Waals surface area contributed by atoms with Crippen molar-refractivity contribution in [1.82, 2.24) is 0 Å². The Balaban J connectivity index is 2.01. The second-order valence-corrected chi connectivity index (χ2v) is 7.19. The topological polar surface area (TPSA) is 108 Å². The molecule has 0 fully saturated rings. The van der Waals surface area contributed by atoms with Crippen molar-refractivity contribution in [2.75, 3.05) is 10.6 Å². The van der Waals surface area contributed by atoms with Gasteiger partial charge in [-0.15, -0.1) is 0 Å². The van der Waals surface area contributed by atoms with E-state index in [2.05, 4.69) is 10.6 Å². The van der Waals surface area contributed by atoms with Crippen LogP contribution in [0.5, 0.6) is 0 Å². The minimum atomic E-state index is -0.993. The number of amides is 2. The van der Waals surface area contributed by atoms with Crippen molar-refractivity contribution in [3.8, 4) is 6.07 Å². The van der Waals surface area contributed by atoms with E-state index < -0.39 is 23.9 Å². The quantitative estimate of drug-likeness (QED) is 0.670. The van der Waals surface area contributed by atoms with E-state index >= 15 is 0 Å². The van der Waals surface area contributed by atoms with E-state index in [0.717, 1.165) is 16.8 Å². The van der Waals surface area contributed by atoms with Crippen LogP contribution in [-0.4, -0.2) is 23.9 Å². The minimum Gasteiger partial charge on any atom is -0.449 e. The summed E-state index contributed by atoms with van der Waals surface area (Å²) < 4.78 is 5.29. The minimum absolute atomic E-state index is 0.227. The van der Waals surface area contributed by atoms with E-state index in [1.54, 1.807) is 6.07 Å². The zero-order chi connectivity index (χ0) is 22.3. The smallest absolute Gasteiger partial charge is 0.338 e. The van der Waals surface area contributed by atoms with Crippen LogP contribution >= 0.6 is 0 Å². The van der Waals surface area contributed by atoms with Crippen LogP contribution in [0, 0.1) is 18.3 Å². The Morgan fingerprint density at radius 3 is 2.30 bits per heavy atom. The van der Waals surface area contributed by atoms with Gasteiger partial charge in [0.1, 0.15) is 6.42 Å². The molecule has 0 aliphatic heterocycles. The average Bonchev–Trinajstić information content (AvgIpc) is 2.69. The van der Waals surface area contributed by atoms with Crippen LogP contribution in [0.4, 0.5) is 11.4 Å². The fourth-order valence-corrected chi connectivity index (χ4v) is 2.82. The molecular formula is C23H25N3O4. The molecule has 0 aliphatic carbocycles. The van der Waals surface area contributed by atoms with Gasteiger partial charge in [-0.1, -0.05) is 32.0 Å². The summed E-state index contributed by atoms with van der Waals surface area (Å²) in [7, 11) is 0. The normalized spacial score (nSPS) is 11.3. The highest BCUT2D eigenvalue weighted by molar-refractivity contribution is 5.98. The number of nitrogens with one attached hydrogen (secondary N) is 2. The molecule has 0 unspecified atom stereocenters. The van der Waals surface area contributed by atoms with Crippen LogP contribution < -0.4 is 10.6 Å². The van der Waals surface area contributed by atoms with Crippen LogP contribution in [0.25, 0.3) is 0 Å². The molecule has 0 saturated heterocycles. The molecule has 2 N–H and O–H groups in total. The molecule has 7 heteroatoms. The van der Waals surface area contributed by atoms with Gasteiger partial charge in [0.25, 0.3) is 5.91 Å². The molecular weight excluding hydrogens is 382 g/mol. The molecule has 2 aromatic carbocycles. The number of ether oxygens (including phenoxy) is 1. The van der Waals surface area contributed by atoms with Gasteiger partial charge in [0.2, 0.25) is 5.91 Å². The van der Waals surface area contributed by atoms with E-state index in [0.29, 0.717) is 5.69 Å². The molecule has 0 spiro atoms. The van der Waals surface area contributed by atoms with E-state index in [1.807, 2.05) is 39.0 Å². The highest BCUT2D eigenvalue weighted by atomic mass is 16.5. The Bertz CT molecular complexity index is 975. The monoisotopic (exact) mass is 407 g/mol. The molecule has 30 heavy (non-hydrogen) atoms. The van der Waals surface area contributed by atoms with Crippen LogP contribution in [0.2, 0.25) is 0 Å². The lowest BCUT2D eigenvalue weighted by Crippen LogP contribution is -2.30. The Labute approximate surface area is 176 Å². The maximum Gasteiger partial charge on any atom is 0.338 e. The maximum absolute atomic E-state index is 12.6. The first-order valence-electron chi connectivity index (χ1n) is 9.61. The fraction of sp³-hybridized carbons (Fsp3) is 0.304. The second-order valence-electron chi connectivity index (χ2n) is 7.19. The summed E-state index contributed by atoms with van der Waals surface area (Å²) in [5, 5.41) is 13.9. The Kier molecular flexibility index (Phi) is 7.70. The second kappa shape index (κ2) is 10.2. The Hall–Kier alpha value is -3.66. The number of para-hydroxylation sites is 1. The molecule has 0 aromatic heterocycles. The number of aryl methyl sites for hydroxylation is 1. The first kappa shape index (κ1) is 22.6. The van der Waals surface area contributed by atoms with Gasteiger partial charge in [0.05, 0.1) is 11.6 Å². The lowest BCUT2D eigenvalue weighted by atomic mass is 9.98. The Morgan fingerprint density at radius 1 is 1.03 bits per heavy atom. The number of rotatable bonds is 7. The average molecular weight is 407 g/mol. The van der Waals surface area contributed by atoms with E-state index in [4.69, 9.17) is 10.00 Å². The molecule has 2 rings (SSSR count). The summed E-state index contributed by atoms with van der Waals surface area (Å²) in [6.07, 6.45) is -1.25. The largest absolute Gasteiger partial charge is 0.449 e. The number of hydrogen-bond acceptors (Lipinski definition) is 5. The van der Waals surface area contributed by atoms with Gasteiger partial charge in [-0.25, -0.2) is 4.79 Å². The molecule has 0 radical (unpaired) electrons. The number of carbonyl (C=O) groups excluding carboxylic acids is 3. The van der Waals surface area contributed by atoms with Gasteiger partial charge in [0.15, 0.2) is 6.10 Å². The SMILES string of the molecule is Cc1cccc(C(C)C)c1NC(=O)[C@H](C)OC(=O)c1ccc(NC(=O)CC#N)cc1. The number of anilines is 2. The zero-order valence-corrected chi connectivity index (χ0v) is 17.5. The molecule has 1 atom stereocenters.